The zero-order valence-electron chi connectivity index (χ0n) is 12.9. The van der Waals surface area contributed by atoms with Crippen LogP contribution in [0.15, 0.2) is 0 Å². The maximum absolute atomic E-state index is 11.6. The third-order valence-electron chi connectivity index (χ3n) is 5.35. The van der Waals surface area contributed by atoms with Gasteiger partial charge in [-0.05, 0) is 45.3 Å². The number of piperazine rings is 1. The number of aliphatic carboxylic acids is 1. The highest BCUT2D eigenvalue weighted by molar-refractivity contribution is 5.79. The van der Waals surface area contributed by atoms with Crippen molar-refractivity contribution in [2.75, 3.05) is 46.3 Å². The topological polar surface area (TPSA) is 55.8 Å². The molecule has 0 bridgehead atoms. The smallest absolute Gasteiger partial charge is 0.324 e. The van der Waals surface area contributed by atoms with Crippen LogP contribution in [0.4, 0.5) is 0 Å². The van der Waals surface area contributed by atoms with Gasteiger partial charge in [0.05, 0.1) is 0 Å². The van der Waals surface area contributed by atoms with Crippen LogP contribution in [0.25, 0.3) is 0 Å². The highest BCUT2D eigenvalue weighted by Crippen LogP contribution is 2.38. The zero-order chi connectivity index (χ0) is 14.6. The average molecular weight is 283 g/mol. The second-order valence-electron chi connectivity index (χ2n) is 6.18. The number of rotatable bonds is 6. The molecule has 1 heterocycles. The van der Waals surface area contributed by atoms with Crippen LogP contribution in [0.2, 0.25) is 0 Å². The molecule has 2 rings (SSSR count). The van der Waals surface area contributed by atoms with Gasteiger partial charge in [-0.2, -0.15) is 0 Å². The third kappa shape index (κ3) is 3.15. The summed E-state index contributed by atoms with van der Waals surface area (Å²) >= 11 is 0. The van der Waals surface area contributed by atoms with Gasteiger partial charge < -0.3 is 20.2 Å². The second kappa shape index (κ2) is 6.87. The summed E-state index contributed by atoms with van der Waals surface area (Å²) in [6.07, 6.45) is 3.84. The number of hydrogen-bond acceptors (Lipinski definition) is 4. The molecule has 0 radical (unpaired) electrons. The van der Waals surface area contributed by atoms with E-state index in [0.717, 1.165) is 65.0 Å². The van der Waals surface area contributed by atoms with Crippen molar-refractivity contribution in [1.82, 2.24) is 15.1 Å². The molecule has 2 atom stereocenters. The summed E-state index contributed by atoms with van der Waals surface area (Å²) in [5.41, 5.74) is -0.675. The zero-order valence-corrected chi connectivity index (χ0v) is 12.9. The van der Waals surface area contributed by atoms with E-state index >= 15 is 0 Å². The lowest BCUT2D eigenvalue weighted by Crippen LogP contribution is -2.54. The quantitative estimate of drug-likeness (QED) is 0.757. The Labute approximate surface area is 122 Å². The Morgan fingerprint density at radius 1 is 1.30 bits per heavy atom. The van der Waals surface area contributed by atoms with Crippen LogP contribution in [-0.2, 0) is 4.79 Å². The molecular formula is C15H29N3O2. The Hall–Kier alpha value is -0.650. The van der Waals surface area contributed by atoms with Gasteiger partial charge in [0.25, 0.3) is 0 Å². The molecule has 2 N–H and O–H groups in total. The number of nitrogens with zero attached hydrogens (tertiary/aromatic N) is 2. The van der Waals surface area contributed by atoms with Crippen molar-refractivity contribution >= 4 is 5.97 Å². The first-order valence-corrected chi connectivity index (χ1v) is 7.99. The summed E-state index contributed by atoms with van der Waals surface area (Å²) in [5.74, 6) is -0.396. The van der Waals surface area contributed by atoms with E-state index in [2.05, 4.69) is 22.0 Å². The first-order chi connectivity index (χ1) is 9.62. The number of carboxylic acid groups (broad SMARTS) is 1. The summed E-state index contributed by atoms with van der Waals surface area (Å²) in [5, 5.41) is 12.7. The molecule has 2 aliphatic rings. The molecule has 5 nitrogen and oxygen atoms in total. The molecular weight excluding hydrogens is 254 g/mol. The first kappa shape index (κ1) is 15.7. The van der Waals surface area contributed by atoms with Crippen LogP contribution < -0.4 is 5.32 Å². The Kier molecular flexibility index (Phi) is 5.41. The number of nitrogens with one attached hydrogen (secondary N) is 1. The van der Waals surface area contributed by atoms with Gasteiger partial charge in [-0.3, -0.25) is 4.79 Å². The molecule has 1 aliphatic carbocycles. The van der Waals surface area contributed by atoms with E-state index in [9.17, 15) is 9.90 Å². The SMILES string of the molecule is CCN1CCN(CCC2CCCC2(NC)C(=O)O)CC1. The van der Waals surface area contributed by atoms with Gasteiger partial charge in [-0.25, -0.2) is 0 Å². The van der Waals surface area contributed by atoms with Crippen molar-refractivity contribution in [2.24, 2.45) is 5.92 Å². The van der Waals surface area contributed by atoms with E-state index in [1.165, 1.54) is 0 Å². The molecule has 0 spiro atoms. The molecule has 0 aromatic heterocycles. The van der Waals surface area contributed by atoms with Gasteiger partial charge in [-0.1, -0.05) is 13.3 Å². The van der Waals surface area contributed by atoms with Gasteiger partial charge in [-0.15, -0.1) is 0 Å². The molecule has 1 saturated heterocycles. The fraction of sp³-hybridized carbons (Fsp3) is 0.933. The summed E-state index contributed by atoms with van der Waals surface area (Å²) < 4.78 is 0. The highest BCUT2D eigenvalue weighted by atomic mass is 16.4. The molecule has 116 valence electrons. The van der Waals surface area contributed by atoms with E-state index in [0.29, 0.717) is 0 Å². The van der Waals surface area contributed by atoms with E-state index in [1.54, 1.807) is 7.05 Å². The number of hydrogen-bond donors (Lipinski definition) is 2. The van der Waals surface area contributed by atoms with Gasteiger partial charge in [0.15, 0.2) is 0 Å². The summed E-state index contributed by atoms with van der Waals surface area (Å²) in [4.78, 5) is 16.6. The van der Waals surface area contributed by atoms with Crippen LogP contribution in [0.5, 0.6) is 0 Å². The van der Waals surface area contributed by atoms with Crippen LogP contribution in [-0.4, -0.2) is 72.7 Å². The summed E-state index contributed by atoms with van der Waals surface area (Å²) in [6, 6.07) is 0. The first-order valence-electron chi connectivity index (χ1n) is 7.99. The van der Waals surface area contributed by atoms with Gasteiger partial charge in [0, 0.05) is 26.2 Å². The number of carbonyl (C=O) groups is 1. The van der Waals surface area contributed by atoms with Crippen molar-refractivity contribution in [3.05, 3.63) is 0 Å². The lowest BCUT2D eigenvalue weighted by atomic mass is 9.84. The predicted molar refractivity (Wildman–Crippen MR) is 79.9 cm³/mol. The molecule has 5 heteroatoms. The lowest BCUT2D eigenvalue weighted by molar-refractivity contribution is -0.146. The minimum absolute atomic E-state index is 0.272. The van der Waals surface area contributed by atoms with Crippen molar-refractivity contribution in [3.8, 4) is 0 Å². The minimum atomic E-state index is -0.675. The van der Waals surface area contributed by atoms with Crippen LogP contribution in [0.1, 0.15) is 32.6 Å². The van der Waals surface area contributed by atoms with E-state index in [1.807, 2.05) is 0 Å². The Balaban J connectivity index is 1.83. The van der Waals surface area contributed by atoms with Gasteiger partial charge in [0.2, 0.25) is 0 Å². The average Bonchev–Trinajstić information content (AvgIpc) is 2.90. The van der Waals surface area contributed by atoms with Gasteiger partial charge >= 0.3 is 5.97 Å². The normalized spacial score (nSPS) is 32.6. The van der Waals surface area contributed by atoms with Crippen LogP contribution in [0.3, 0.4) is 0 Å². The number of likely N-dealkylation sites (N-methyl/N-ethyl adjacent to an activating group) is 2. The Bertz CT molecular complexity index is 329. The molecule has 0 aromatic carbocycles. The molecule has 2 fully saturated rings. The predicted octanol–water partition coefficient (Wildman–Crippen LogP) is 0.857. The standard InChI is InChI=1S/C15H29N3O2/c1-3-17-9-11-18(12-10-17)8-6-13-5-4-7-15(13,16-2)14(19)20/h13,16H,3-12H2,1-2H3,(H,19,20). The Morgan fingerprint density at radius 3 is 2.50 bits per heavy atom. The molecule has 0 amide bonds. The molecule has 1 saturated carbocycles. The van der Waals surface area contributed by atoms with Gasteiger partial charge in [0.1, 0.15) is 5.54 Å². The summed E-state index contributed by atoms with van der Waals surface area (Å²) in [6.45, 7) is 8.94. The molecule has 0 aromatic rings. The third-order valence-corrected chi connectivity index (χ3v) is 5.35. The Morgan fingerprint density at radius 2 is 1.95 bits per heavy atom. The fourth-order valence-electron chi connectivity index (χ4n) is 3.85. The minimum Gasteiger partial charge on any atom is -0.480 e. The molecule has 1 aliphatic heterocycles. The van der Waals surface area contributed by atoms with Crippen molar-refractivity contribution in [1.29, 1.82) is 0 Å². The highest BCUT2D eigenvalue weighted by Gasteiger charge is 2.47. The fourth-order valence-corrected chi connectivity index (χ4v) is 3.85. The van der Waals surface area contributed by atoms with Crippen LogP contribution in [0, 0.1) is 5.92 Å². The van der Waals surface area contributed by atoms with E-state index in [-0.39, 0.29) is 5.92 Å². The number of carboxylic acids is 1. The monoisotopic (exact) mass is 283 g/mol. The van der Waals surface area contributed by atoms with Crippen molar-refractivity contribution in [2.45, 2.75) is 38.1 Å². The lowest BCUT2D eigenvalue weighted by Gasteiger charge is -2.36. The molecule has 2 unspecified atom stereocenters. The van der Waals surface area contributed by atoms with Crippen LogP contribution >= 0.6 is 0 Å². The molecule has 20 heavy (non-hydrogen) atoms. The maximum Gasteiger partial charge on any atom is 0.324 e. The van der Waals surface area contributed by atoms with Crippen molar-refractivity contribution < 1.29 is 9.90 Å². The van der Waals surface area contributed by atoms with E-state index < -0.39 is 11.5 Å². The van der Waals surface area contributed by atoms with Crippen molar-refractivity contribution in [3.63, 3.8) is 0 Å². The largest absolute Gasteiger partial charge is 0.480 e. The second-order valence-corrected chi connectivity index (χ2v) is 6.18. The maximum atomic E-state index is 11.6. The van der Waals surface area contributed by atoms with E-state index in [4.69, 9.17) is 0 Å². The summed E-state index contributed by atoms with van der Waals surface area (Å²) in [7, 11) is 1.80.